The van der Waals surface area contributed by atoms with Crippen LogP contribution >= 0.6 is 0 Å². The van der Waals surface area contributed by atoms with E-state index in [1.54, 1.807) is 13.3 Å². The number of benzene rings is 1. The van der Waals surface area contributed by atoms with Gasteiger partial charge in [-0.15, -0.1) is 5.10 Å². The van der Waals surface area contributed by atoms with Gasteiger partial charge in [-0.25, -0.2) is 9.48 Å². The number of hydrogen-bond donors (Lipinski definition) is 1. The zero-order chi connectivity index (χ0) is 24.5. The van der Waals surface area contributed by atoms with Crippen LogP contribution in [0.1, 0.15) is 37.6 Å². The molecule has 10 heteroatoms. The highest BCUT2D eigenvalue weighted by Crippen LogP contribution is 2.26. The number of hydrogen-bond acceptors (Lipinski definition) is 7. The maximum atomic E-state index is 12.6. The van der Waals surface area contributed by atoms with Gasteiger partial charge in [0.1, 0.15) is 12.3 Å². The van der Waals surface area contributed by atoms with E-state index in [-0.39, 0.29) is 44.5 Å². The number of carbonyl (C=O) groups excluding carboxylic acids is 1. The fourth-order valence-corrected chi connectivity index (χ4v) is 4.32. The van der Waals surface area contributed by atoms with Gasteiger partial charge in [0.2, 0.25) is 5.91 Å². The van der Waals surface area contributed by atoms with Crippen molar-refractivity contribution in [2.24, 2.45) is 5.92 Å². The molecule has 1 unspecified atom stereocenters. The van der Waals surface area contributed by atoms with Crippen molar-refractivity contribution >= 4 is 11.9 Å². The second-order valence-corrected chi connectivity index (χ2v) is 8.72. The number of aliphatic carboxylic acids is 1. The van der Waals surface area contributed by atoms with Gasteiger partial charge in [-0.1, -0.05) is 49.4 Å². The summed E-state index contributed by atoms with van der Waals surface area (Å²) in [7, 11) is 1.69. The highest BCUT2D eigenvalue weighted by molar-refractivity contribution is 5.78. The van der Waals surface area contributed by atoms with Crippen molar-refractivity contribution in [1.29, 1.82) is 0 Å². The average Bonchev–Trinajstić information content (AvgIpc) is 3.47. The number of rotatable bonds is 13. The van der Waals surface area contributed by atoms with Crippen LogP contribution in [-0.4, -0.2) is 82.5 Å². The lowest BCUT2D eigenvalue weighted by atomic mass is 9.99. The average molecular weight is 475 g/mol. The van der Waals surface area contributed by atoms with Crippen LogP contribution < -0.4 is 0 Å². The first-order valence-electron chi connectivity index (χ1n) is 11.6. The van der Waals surface area contributed by atoms with E-state index in [2.05, 4.69) is 24.2 Å². The summed E-state index contributed by atoms with van der Waals surface area (Å²) in [6.45, 7) is 5.57. The Hall–Kier alpha value is -2.82. The molecule has 1 N–H and O–H groups in total. The summed E-state index contributed by atoms with van der Waals surface area (Å²) in [4.78, 5) is 26.1. The van der Waals surface area contributed by atoms with Gasteiger partial charge in [0.15, 0.2) is 6.04 Å². The van der Waals surface area contributed by atoms with Crippen LogP contribution in [-0.2, 0) is 36.8 Å². The van der Waals surface area contributed by atoms with Gasteiger partial charge in [-0.3, -0.25) is 4.79 Å². The summed E-state index contributed by atoms with van der Waals surface area (Å²) in [5, 5.41) is 17.6. The molecular weight excluding hydrogens is 440 g/mol. The summed E-state index contributed by atoms with van der Waals surface area (Å²) in [6, 6.07) is 8.60. The minimum Gasteiger partial charge on any atom is -0.480 e. The zero-order valence-corrected chi connectivity index (χ0v) is 20.0. The molecule has 1 saturated heterocycles. The predicted octanol–water partition coefficient (Wildman–Crippen LogP) is 1.95. The summed E-state index contributed by atoms with van der Waals surface area (Å²) in [5.74, 6) is -0.713. The normalized spacial score (nSPS) is 19.0. The fourth-order valence-electron chi connectivity index (χ4n) is 4.32. The molecule has 2 heterocycles. The third-order valence-corrected chi connectivity index (χ3v) is 5.98. The standard InChI is InChI=1S/C24H34N4O6/c1-17(2)23-21(32-3)9-10-27(23)22(29)16-34-12-11-33-15-19-14-28(26-25-19)20(24(30)31)13-18-7-5-4-6-8-18/h4-8,14,17,20-21,23H,9-13,15-16H2,1-3H3,(H,30,31)/t20?,21-,23-/m1/s1. The van der Waals surface area contributed by atoms with Gasteiger partial charge in [-0.05, 0) is 17.9 Å². The summed E-state index contributed by atoms with van der Waals surface area (Å²) < 4.78 is 17.9. The molecule has 10 nitrogen and oxygen atoms in total. The smallest absolute Gasteiger partial charge is 0.328 e. The van der Waals surface area contributed by atoms with E-state index < -0.39 is 12.0 Å². The van der Waals surface area contributed by atoms with Crippen LogP contribution in [0.5, 0.6) is 0 Å². The third-order valence-electron chi connectivity index (χ3n) is 5.98. The van der Waals surface area contributed by atoms with Crippen LogP contribution in [0.4, 0.5) is 0 Å². The Morgan fingerprint density at radius 2 is 1.91 bits per heavy atom. The minimum absolute atomic E-state index is 0.00102. The number of carboxylic acid groups (broad SMARTS) is 1. The molecule has 0 spiro atoms. The van der Waals surface area contributed by atoms with Crippen molar-refractivity contribution in [1.82, 2.24) is 19.9 Å². The summed E-state index contributed by atoms with van der Waals surface area (Å²) in [6.07, 6.45) is 2.79. The number of carbonyl (C=O) groups is 2. The molecule has 0 aliphatic carbocycles. The van der Waals surface area contributed by atoms with Gasteiger partial charge in [0.05, 0.1) is 38.2 Å². The Labute approximate surface area is 199 Å². The van der Waals surface area contributed by atoms with E-state index >= 15 is 0 Å². The first kappa shape index (κ1) is 25.8. The maximum Gasteiger partial charge on any atom is 0.328 e. The lowest BCUT2D eigenvalue weighted by Crippen LogP contribution is -2.45. The van der Waals surface area contributed by atoms with E-state index in [1.807, 2.05) is 35.2 Å². The Kier molecular flexibility index (Phi) is 9.55. The number of aromatic nitrogens is 3. The first-order chi connectivity index (χ1) is 16.4. The fraction of sp³-hybridized carbons (Fsp3) is 0.583. The quantitative estimate of drug-likeness (QED) is 0.438. The summed E-state index contributed by atoms with van der Waals surface area (Å²) in [5.41, 5.74) is 1.43. The number of carboxylic acids is 1. The van der Waals surface area contributed by atoms with E-state index in [0.29, 0.717) is 24.6 Å². The van der Waals surface area contributed by atoms with E-state index in [0.717, 1.165) is 12.0 Å². The Morgan fingerprint density at radius 3 is 2.59 bits per heavy atom. The van der Waals surface area contributed by atoms with Gasteiger partial charge in [0, 0.05) is 20.1 Å². The van der Waals surface area contributed by atoms with Gasteiger partial charge in [-0.2, -0.15) is 0 Å². The molecule has 0 bridgehead atoms. The zero-order valence-electron chi connectivity index (χ0n) is 20.0. The van der Waals surface area contributed by atoms with Crippen LogP contribution in [0.3, 0.4) is 0 Å². The molecular formula is C24H34N4O6. The number of likely N-dealkylation sites (tertiary alicyclic amines) is 1. The van der Waals surface area contributed by atoms with Crippen molar-refractivity contribution in [2.45, 2.75) is 51.5 Å². The van der Waals surface area contributed by atoms with Crippen LogP contribution in [0.25, 0.3) is 0 Å². The second kappa shape index (κ2) is 12.6. The maximum absolute atomic E-state index is 12.6. The van der Waals surface area contributed by atoms with Gasteiger partial charge < -0.3 is 24.2 Å². The van der Waals surface area contributed by atoms with Crippen molar-refractivity contribution in [3.63, 3.8) is 0 Å². The van der Waals surface area contributed by atoms with Crippen LogP contribution in [0.15, 0.2) is 36.5 Å². The molecule has 1 aliphatic heterocycles. The summed E-state index contributed by atoms with van der Waals surface area (Å²) >= 11 is 0. The minimum atomic E-state index is -0.978. The number of ether oxygens (including phenoxy) is 3. The lowest BCUT2D eigenvalue weighted by molar-refractivity contribution is -0.141. The Bertz CT molecular complexity index is 919. The van der Waals surface area contributed by atoms with E-state index in [4.69, 9.17) is 14.2 Å². The first-order valence-corrected chi connectivity index (χ1v) is 11.6. The lowest BCUT2D eigenvalue weighted by Gasteiger charge is -2.30. The highest BCUT2D eigenvalue weighted by atomic mass is 16.5. The van der Waals surface area contributed by atoms with Crippen molar-refractivity contribution in [3.05, 3.63) is 47.8 Å². The van der Waals surface area contributed by atoms with Crippen molar-refractivity contribution in [3.8, 4) is 0 Å². The second-order valence-electron chi connectivity index (χ2n) is 8.72. The van der Waals surface area contributed by atoms with E-state index in [9.17, 15) is 14.7 Å². The number of amides is 1. The molecule has 186 valence electrons. The van der Waals surface area contributed by atoms with E-state index in [1.165, 1.54) is 4.68 Å². The van der Waals surface area contributed by atoms with Crippen LogP contribution in [0.2, 0.25) is 0 Å². The Morgan fingerprint density at radius 1 is 1.18 bits per heavy atom. The molecule has 0 saturated carbocycles. The van der Waals surface area contributed by atoms with Crippen molar-refractivity contribution in [2.75, 3.05) is 33.5 Å². The largest absolute Gasteiger partial charge is 0.480 e. The molecule has 1 aromatic carbocycles. The molecule has 1 amide bonds. The Balaban J connectivity index is 1.38. The number of methoxy groups -OCH3 is 1. The molecule has 3 atom stereocenters. The van der Waals surface area contributed by atoms with Gasteiger partial charge in [0.25, 0.3) is 0 Å². The predicted molar refractivity (Wildman–Crippen MR) is 123 cm³/mol. The topological polar surface area (TPSA) is 116 Å². The monoisotopic (exact) mass is 474 g/mol. The SMILES string of the molecule is CO[C@@H]1CCN(C(=O)COCCOCc2cn(C(Cc3ccccc3)C(=O)O)nn2)[C@@H]1C(C)C. The molecule has 1 fully saturated rings. The van der Waals surface area contributed by atoms with Gasteiger partial charge >= 0.3 is 5.97 Å². The molecule has 2 aromatic rings. The molecule has 1 aliphatic rings. The molecule has 1 aromatic heterocycles. The third kappa shape index (κ3) is 6.85. The molecule has 3 rings (SSSR count). The van der Waals surface area contributed by atoms with Crippen LogP contribution in [0, 0.1) is 5.92 Å². The van der Waals surface area contributed by atoms with Crippen molar-refractivity contribution < 1.29 is 28.9 Å². The molecule has 0 radical (unpaired) electrons. The molecule has 34 heavy (non-hydrogen) atoms. The number of nitrogens with zero attached hydrogens (tertiary/aromatic N) is 4. The highest BCUT2D eigenvalue weighted by Gasteiger charge is 2.38.